The summed E-state index contributed by atoms with van der Waals surface area (Å²) in [4.78, 5) is 36.6. The fourth-order valence-electron chi connectivity index (χ4n) is 2.89. The number of fused-ring (bicyclic) bond motifs is 2. The third-order valence-electron chi connectivity index (χ3n) is 4.46. The molecule has 0 aliphatic carbocycles. The molecule has 0 fully saturated rings. The number of H-pyrrole nitrogens is 1. The van der Waals surface area contributed by atoms with Crippen LogP contribution in [0, 0.1) is 0 Å². The molecule has 8 nitrogen and oxygen atoms in total. The van der Waals surface area contributed by atoms with Crippen LogP contribution in [-0.4, -0.2) is 34.0 Å². The molecule has 0 saturated carbocycles. The highest BCUT2D eigenvalue weighted by Gasteiger charge is 2.19. The second-order valence-electron chi connectivity index (χ2n) is 6.53. The Kier molecular flexibility index (Phi) is 4.73. The van der Waals surface area contributed by atoms with Crippen molar-refractivity contribution in [2.75, 3.05) is 5.32 Å². The fourth-order valence-corrected chi connectivity index (χ4v) is 3.85. The zero-order valence-corrected chi connectivity index (χ0v) is 16.2. The van der Waals surface area contributed by atoms with Crippen LogP contribution in [-0.2, 0) is 4.79 Å². The van der Waals surface area contributed by atoms with E-state index in [0.29, 0.717) is 21.5 Å². The number of aromatic nitrogens is 2. The Morgan fingerprint density at radius 3 is 2.66 bits per heavy atom. The number of nitrogens with zero attached hydrogens (tertiary/aromatic N) is 1. The molecule has 0 aliphatic rings. The molecule has 5 N–H and O–H groups in total. The van der Waals surface area contributed by atoms with E-state index >= 15 is 0 Å². The largest absolute Gasteiger partial charge is 0.368 e. The molecule has 2 aromatic heterocycles. The number of aromatic amines is 1. The van der Waals surface area contributed by atoms with Gasteiger partial charge in [-0.3, -0.25) is 19.5 Å². The van der Waals surface area contributed by atoms with Crippen LogP contribution in [0.4, 0.5) is 5.69 Å². The quantitative estimate of drug-likeness (QED) is 0.405. The molecule has 0 bridgehead atoms. The Morgan fingerprint density at radius 2 is 1.90 bits per heavy atom. The molecule has 146 valence electrons. The third-order valence-corrected chi connectivity index (χ3v) is 5.57. The van der Waals surface area contributed by atoms with Gasteiger partial charge in [0.2, 0.25) is 5.91 Å². The van der Waals surface area contributed by atoms with Crippen molar-refractivity contribution >= 4 is 55.7 Å². The van der Waals surface area contributed by atoms with Crippen molar-refractivity contribution < 1.29 is 14.4 Å². The van der Waals surface area contributed by atoms with Gasteiger partial charge in [-0.1, -0.05) is 18.2 Å². The smallest absolute Gasteiger partial charge is 0.273 e. The van der Waals surface area contributed by atoms with Gasteiger partial charge in [0.15, 0.2) is 5.69 Å². The van der Waals surface area contributed by atoms with E-state index < -0.39 is 17.9 Å². The molecule has 29 heavy (non-hydrogen) atoms. The van der Waals surface area contributed by atoms with Gasteiger partial charge < -0.3 is 16.4 Å². The first-order valence-corrected chi connectivity index (χ1v) is 9.62. The standard InChI is InChI=1S/C20H17N5O3S/c1-10(18(21)26)22-20(28)17-13-7-6-12(9-14(13)24-25-17)23-19(27)16-8-11-4-2-3-5-15(11)29-16/h2-10H,1H3,(H2,21,26)(H,22,28)(H,23,27)(H,24,25)/t10-/m0/s1. The lowest BCUT2D eigenvalue weighted by Gasteiger charge is -2.08. The summed E-state index contributed by atoms with van der Waals surface area (Å²) in [5, 5.41) is 13.7. The highest BCUT2D eigenvalue weighted by Crippen LogP contribution is 2.27. The summed E-state index contributed by atoms with van der Waals surface area (Å²) >= 11 is 1.42. The Hall–Kier alpha value is -3.72. The number of carbonyl (C=O) groups is 3. The maximum atomic E-state index is 12.6. The van der Waals surface area contributed by atoms with Crippen LogP contribution in [0.15, 0.2) is 48.5 Å². The second kappa shape index (κ2) is 7.36. The predicted molar refractivity (Wildman–Crippen MR) is 112 cm³/mol. The maximum absolute atomic E-state index is 12.6. The first kappa shape index (κ1) is 18.6. The summed E-state index contributed by atoms with van der Waals surface area (Å²) < 4.78 is 1.04. The summed E-state index contributed by atoms with van der Waals surface area (Å²) in [6.45, 7) is 1.50. The Bertz CT molecular complexity index is 1230. The van der Waals surface area contributed by atoms with Gasteiger partial charge in [-0.15, -0.1) is 11.3 Å². The van der Waals surface area contributed by atoms with E-state index in [2.05, 4.69) is 20.8 Å². The number of nitrogens with two attached hydrogens (primary N) is 1. The predicted octanol–water partition coefficient (Wildman–Crippen LogP) is 2.63. The van der Waals surface area contributed by atoms with Gasteiger partial charge in [-0.2, -0.15) is 5.10 Å². The van der Waals surface area contributed by atoms with Crippen molar-refractivity contribution in [2.45, 2.75) is 13.0 Å². The Balaban J connectivity index is 1.54. The number of hydrogen-bond donors (Lipinski definition) is 4. The molecular weight excluding hydrogens is 390 g/mol. The molecule has 1 atom stereocenters. The molecule has 4 aromatic rings. The highest BCUT2D eigenvalue weighted by atomic mass is 32.1. The normalized spacial score (nSPS) is 12.0. The number of primary amides is 1. The van der Waals surface area contributed by atoms with E-state index in [1.807, 2.05) is 30.3 Å². The van der Waals surface area contributed by atoms with Crippen molar-refractivity contribution in [2.24, 2.45) is 5.73 Å². The molecule has 0 unspecified atom stereocenters. The van der Waals surface area contributed by atoms with Gasteiger partial charge in [0.25, 0.3) is 11.8 Å². The molecule has 4 rings (SSSR count). The minimum absolute atomic E-state index is 0.149. The zero-order chi connectivity index (χ0) is 20.5. The van der Waals surface area contributed by atoms with E-state index in [4.69, 9.17) is 5.73 Å². The van der Waals surface area contributed by atoms with Crippen LogP contribution in [0.1, 0.15) is 27.1 Å². The van der Waals surface area contributed by atoms with E-state index in [0.717, 1.165) is 10.1 Å². The average Bonchev–Trinajstić information content (AvgIpc) is 3.31. The average molecular weight is 407 g/mol. The summed E-state index contributed by atoms with van der Waals surface area (Å²) in [6.07, 6.45) is 0. The molecular formula is C20H17N5O3S. The molecule has 0 radical (unpaired) electrons. The second-order valence-corrected chi connectivity index (χ2v) is 7.62. The van der Waals surface area contributed by atoms with Crippen molar-refractivity contribution in [3.05, 3.63) is 59.1 Å². The number of anilines is 1. The summed E-state index contributed by atoms with van der Waals surface area (Å²) in [5.41, 5.74) is 6.47. The molecule has 0 aliphatic heterocycles. The van der Waals surface area contributed by atoms with Gasteiger partial charge in [0.05, 0.1) is 10.4 Å². The molecule has 0 saturated heterocycles. The van der Waals surface area contributed by atoms with Crippen LogP contribution in [0.25, 0.3) is 21.0 Å². The SMILES string of the molecule is C[C@H](NC(=O)c1n[nH]c2cc(NC(=O)c3cc4ccccc4s3)ccc12)C(N)=O. The van der Waals surface area contributed by atoms with Gasteiger partial charge in [-0.25, -0.2) is 0 Å². The number of nitrogens with one attached hydrogen (secondary N) is 3. The minimum atomic E-state index is -0.811. The van der Waals surface area contributed by atoms with Crippen LogP contribution in [0.5, 0.6) is 0 Å². The van der Waals surface area contributed by atoms with Gasteiger partial charge in [0.1, 0.15) is 6.04 Å². The van der Waals surface area contributed by atoms with Gasteiger partial charge in [-0.05, 0) is 42.6 Å². The summed E-state index contributed by atoms with van der Waals surface area (Å²) in [6, 6.07) is 13.9. The van der Waals surface area contributed by atoms with Crippen molar-refractivity contribution in [1.29, 1.82) is 0 Å². The molecule has 0 spiro atoms. The number of carbonyl (C=O) groups excluding carboxylic acids is 3. The maximum Gasteiger partial charge on any atom is 0.273 e. The van der Waals surface area contributed by atoms with Crippen LogP contribution >= 0.6 is 11.3 Å². The molecule has 2 heterocycles. The van der Waals surface area contributed by atoms with Crippen LogP contribution in [0.3, 0.4) is 0 Å². The van der Waals surface area contributed by atoms with Gasteiger partial charge in [0, 0.05) is 15.8 Å². The molecule has 2 aromatic carbocycles. The first-order valence-electron chi connectivity index (χ1n) is 8.80. The van der Waals surface area contributed by atoms with Crippen molar-refractivity contribution in [3.63, 3.8) is 0 Å². The first-order chi connectivity index (χ1) is 13.9. The minimum Gasteiger partial charge on any atom is -0.368 e. The summed E-state index contributed by atoms with van der Waals surface area (Å²) in [5.74, 6) is -1.35. The number of thiophene rings is 1. The number of amides is 3. The third kappa shape index (κ3) is 3.67. The lowest BCUT2D eigenvalue weighted by Crippen LogP contribution is -2.42. The monoisotopic (exact) mass is 407 g/mol. The Labute approximate surface area is 169 Å². The van der Waals surface area contributed by atoms with Crippen molar-refractivity contribution in [1.82, 2.24) is 15.5 Å². The number of hydrogen-bond acceptors (Lipinski definition) is 5. The van der Waals surface area contributed by atoms with Crippen LogP contribution in [0.2, 0.25) is 0 Å². The topological polar surface area (TPSA) is 130 Å². The van der Waals surface area contributed by atoms with Gasteiger partial charge >= 0.3 is 0 Å². The number of rotatable bonds is 5. The lowest BCUT2D eigenvalue weighted by molar-refractivity contribution is -0.119. The van der Waals surface area contributed by atoms with E-state index in [1.165, 1.54) is 18.3 Å². The Morgan fingerprint density at radius 1 is 1.10 bits per heavy atom. The molecule has 9 heteroatoms. The van der Waals surface area contributed by atoms with Crippen molar-refractivity contribution in [3.8, 4) is 0 Å². The van der Waals surface area contributed by atoms with Crippen LogP contribution < -0.4 is 16.4 Å². The zero-order valence-electron chi connectivity index (χ0n) is 15.4. The van der Waals surface area contributed by atoms with E-state index in [9.17, 15) is 14.4 Å². The number of benzene rings is 2. The van der Waals surface area contributed by atoms with E-state index in [-0.39, 0.29) is 11.6 Å². The van der Waals surface area contributed by atoms with E-state index in [1.54, 1.807) is 18.2 Å². The fraction of sp³-hybridized carbons (Fsp3) is 0.100. The summed E-state index contributed by atoms with van der Waals surface area (Å²) in [7, 11) is 0. The highest BCUT2D eigenvalue weighted by molar-refractivity contribution is 7.20. The lowest BCUT2D eigenvalue weighted by atomic mass is 10.1. The molecule has 3 amide bonds.